The Balaban J connectivity index is 1.73. The van der Waals surface area contributed by atoms with E-state index >= 15 is 0 Å². The number of nitrogens with zero attached hydrogens (tertiary/aromatic N) is 1. The van der Waals surface area contributed by atoms with Crippen molar-refractivity contribution in [3.63, 3.8) is 0 Å². The lowest BCUT2D eigenvalue weighted by Crippen LogP contribution is -2.50. The molecular weight excluding hydrogens is 366 g/mol. The third-order valence-electron chi connectivity index (χ3n) is 5.82. The largest absolute Gasteiger partial charge is 0.369 e. The van der Waals surface area contributed by atoms with Crippen molar-refractivity contribution in [1.29, 1.82) is 0 Å². The molecule has 1 saturated heterocycles. The molecule has 2 aliphatic rings. The summed E-state index contributed by atoms with van der Waals surface area (Å²) in [5.74, 6) is -0.744. The number of benzene rings is 1. The highest BCUT2D eigenvalue weighted by atomic mass is 32.2. The van der Waals surface area contributed by atoms with Crippen LogP contribution in [0.15, 0.2) is 29.2 Å². The van der Waals surface area contributed by atoms with Crippen LogP contribution in [0, 0.1) is 12.3 Å². The summed E-state index contributed by atoms with van der Waals surface area (Å²) in [6.45, 7) is 2.38. The van der Waals surface area contributed by atoms with Crippen molar-refractivity contribution >= 4 is 21.8 Å². The number of carbonyl (C=O) groups is 2. The van der Waals surface area contributed by atoms with Crippen LogP contribution < -0.4 is 11.1 Å². The van der Waals surface area contributed by atoms with Crippen molar-refractivity contribution in [2.75, 3.05) is 13.1 Å². The van der Waals surface area contributed by atoms with Crippen molar-refractivity contribution in [3.8, 4) is 0 Å². The fourth-order valence-electron chi connectivity index (χ4n) is 4.07. The lowest BCUT2D eigenvalue weighted by atomic mass is 9.85. The van der Waals surface area contributed by atoms with Crippen molar-refractivity contribution in [3.05, 3.63) is 29.8 Å². The molecule has 1 aliphatic heterocycles. The molecule has 8 heteroatoms. The molecule has 2 fully saturated rings. The lowest BCUT2D eigenvalue weighted by Gasteiger charge is -2.28. The number of nitrogens with one attached hydrogen (secondary N) is 1. The second-order valence-corrected chi connectivity index (χ2v) is 9.55. The molecule has 1 saturated carbocycles. The average molecular weight is 394 g/mol. The number of sulfonamides is 1. The van der Waals surface area contributed by atoms with E-state index in [1.807, 2.05) is 6.92 Å². The number of aryl methyl sites for hydroxylation is 1. The number of hydrogen-bond donors (Lipinski definition) is 2. The van der Waals surface area contributed by atoms with Crippen LogP contribution in [0.4, 0.5) is 0 Å². The van der Waals surface area contributed by atoms with E-state index in [-0.39, 0.29) is 17.3 Å². The Hall–Kier alpha value is -1.93. The molecule has 1 aromatic rings. The molecule has 3 N–H and O–H groups in total. The van der Waals surface area contributed by atoms with E-state index < -0.39 is 27.4 Å². The Bertz CT molecular complexity index is 814. The molecule has 0 unspecified atom stereocenters. The maximum Gasteiger partial charge on any atom is 0.243 e. The summed E-state index contributed by atoms with van der Waals surface area (Å²) < 4.78 is 27.2. The first-order valence-electron chi connectivity index (χ1n) is 9.42. The Morgan fingerprint density at radius 2 is 1.81 bits per heavy atom. The SMILES string of the molecule is Cc1ccc(S(=O)(=O)N2CCC[C@H]2C(=O)NCC2(C(N)=O)CCCC2)cc1. The van der Waals surface area contributed by atoms with E-state index in [0.717, 1.165) is 18.4 Å². The van der Waals surface area contributed by atoms with Gasteiger partial charge in [0.25, 0.3) is 0 Å². The Morgan fingerprint density at radius 1 is 1.19 bits per heavy atom. The van der Waals surface area contributed by atoms with Crippen molar-refractivity contribution < 1.29 is 18.0 Å². The molecule has 0 aromatic heterocycles. The number of rotatable bonds is 6. The minimum atomic E-state index is -3.74. The van der Waals surface area contributed by atoms with Crippen LogP contribution in [-0.4, -0.2) is 43.7 Å². The predicted molar refractivity (Wildman–Crippen MR) is 101 cm³/mol. The summed E-state index contributed by atoms with van der Waals surface area (Å²) in [6.07, 6.45) is 4.26. The van der Waals surface area contributed by atoms with Crippen LogP contribution in [0.5, 0.6) is 0 Å². The van der Waals surface area contributed by atoms with Crippen LogP contribution in [0.1, 0.15) is 44.1 Å². The zero-order valence-corrected chi connectivity index (χ0v) is 16.4. The van der Waals surface area contributed by atoms with E-state index in [9.17, 15) is 18.0 Å². The van der Waals surface area contributed by atoms with Gasteiger partial charge in [-0.25, -0.2) is 8.42 Å². The zero-order chi connectivity index (χ0) is 19.7. The third-order valence-corrected chi connectivity index (χ3v) is 7.74. The highest BCUT2D eigenvalue weighted by Gasteiger charge is 2.43. The van der Waals surface area contributed by atoms with Gasteiger partial charge in [0.05, 0.1) is 10.3 Å². The van der Waals surface area contributed by atoms with Gasteiger partial charge >= 0.3 is 0 Å². The highest BCUT2D eigenvalue weighted by Crippen LogP contribution is 2.37. The molecule has 148 valence electrons. The van der Waals surface area contributed by atoms with Gasteiger partial charge in [-0.15, -0.1) is 0 Å². The van der Waals surface area contributed by atoms with Crippen LogP contribution in [0.3, 0.4) is 0 Å². The van der Waals surface area contributed by atoms with Crippen LogP contribution in [-0.2, 0) is 19.6 Å². The van der Waals surface area contributed by atoms with E-state index in [1.165, 1.54) is 4.31 Å². The Kier molecular flexibility index (Phi) is 5.58. The predicted octanol–water partition coefficient (Wildman–Crippen LogP) is 1.31. The van der Waals surface area contributed by atoms with Gasteiger partial charge in [0.2, 0.25) is 21.8 Å². The first kappa shape index (κ1) is 19.8. The van der Waals surface area contributed by atoms with Gasteiger partial charge in [-0.3, -0.25) is 9.59 Å². The molecule has 0 spiro atoms. The molecule has 1 aliphatic carbocycles. The fraction of sp³-hybridized carbons (Fsp3) is 0.579. The number of amides is 2. The van der Waals surface area contributed by atoms with Gasteiger partial charge in [0.15, 0.2) is 0 Å². The molecule has 0 radical (unpaired) electrons. The number of hydrogen-bond acceptors (Lipinski definition) is 4. The molecule has 27 heavy (non-hydrogen) atoms. The topological polar surface area (TPSA) is 110 Å². The van der Waals surface area contributed by atoms with Gasteiger partial charge < -0.3 is 11.1 Å². The standard InChI is InChI=1S/C19H27N3O4S/c1-14-6-8-15(9-7-14)27(25,26)22-12-4-5-16(22)17(23)21-13-19(18(20)24)10-2-3-11-19/h6-9,16H,2-5,10-13H2,1H3,(H2,20,24)(H,21,23)/t16-/m0/s1. The van der Waals surface area contributed by atoms with E-state index in [0.29, 0.717) is 32.2 Å². The van der Waals surface area contributed by atoms with Gasteiger partial charge in [0.1, 0.15) is 6.04 Å². The van der Waals surface area contributed by atoms with Crippen molar-refractivity contribution in [2.45, 2.75) is 56.4 Å². The number of carbonyl (C=O) groups excluding carboxylic acids is 2. The number of nitrogens with two attached hydrogens (primary N) is 1. The van der Waals surface area contributed by atoms with Crippen molar-refractivity contribution in [1.82, 2.24) is 9.62 Å². The molecule has 1 heterocycles. The maximum atomic E-state index is 13.0. The number of primary amides is 1. The van der Waals surface area contributed by atoms with E-state index in [4.69, 9.17) is 5.73 Å². The summed E-state index contributed by atoms with van der Waals surface area (Å²) >= 11 is 0. The summed E-state index contributed by atoms with van der Waals surface area (Å²) in [5, 5.41) is 2.81. The molecule has 1 atom stereocenters. The third kappa shape index (κ3) is 3.87. The van der Waals surface area contributed by atoms with Gasteiger partial charge in [-0.2, -0.15) is 4.31 Å². The van der Waals surface area contributed by atoms with Gasteiger partial charge in [0, 0.05) is 13.1 Å². The summed E-state index contributed by atoms with van der Waals surface area (Å²) in [4.78, 5) is 24.8. The summed E-state index contributed by atoms with van der Waals surface area (Å²) in [5.41, 5.74) is 5.83. The molecule has 0 bridgehead atoms. The second-order valence-electron chi connectivity index (χ2n) is 7.66. The van der Waals surface area contributed by atoms with Crippen molar-refractivity contribution in [2.24, 2.45) is 11.1 Å². The zero-order valence-electron chi connectivity index (χ0n) is 15.6. The smallest absolute Gasteiger partial charge is 0.243 e. The first-order chi connectivity index (χ1) is 12.8. The summed E-state index contributed by atoms with van der Waals surface area (Å²) in [6, 6.07) is 5.88. The minimum Gasteiger partial charge on any atom is -0.369 e. The highest BCUT2D eigenvalue weighted by molar-refractivity contribution is 7.89. The fourth-order valence-corrected chi connectivity index (χ4v) is 5.73. The lowest BCUT2D eigenvalue weighted by molar-refractivity contribution is -0.129. The normalized spacial score (nSPS) is 22.6. The first-order valence-corrected chi connectivity index (χ1v) is 10.9. The van der Waals surface area contributed by atoms with Crippen LogP contribution >= 0.6 is 0 Å². The average Bonchev–Trinajstić information content (AvgIpc) is 3.30. The van der Waals surface area contributed by atoms with Gasteiger partial charge in [-0.1, -0.05) is 30.5 Å². The second kappa shape index (κ2) is 7.59. The van der Waals surface area contributed by atoms with E-state index in [1.54, 1.807) is 24.3 Å². The monoisotopic (exact) mass is 393 g/mol. The minimum absolute atomic E-state index is 0.177. The Labute approximate surface area is 160 Å². The Morgan fingerprint density at radius 3 is 2.41 bits per heavy atom. The molecule has 2 amide bonds. The van der Waals surface area contributed by atoms with E-state index in [2.05, 4.69) is 5.32 Å². The molecular formula is C19H27N3O4S. The maximum absolute atomic E-state index is 13.0. The summed E-state index contributed by atoms with van der Waals surface area (Å²) in [7, 11) is -3.74. The van der Waals surface area contributed by atoms with Gasteiger partial charge in [-0.05, 0) is 44.7 Å². The molecule has 3 rings (SSSR count). The molecule has 7 nitrogen and oxygen atoms in total. The van der Waals surface area contributed by atoms with Crippen LogP contribution in [0.25, 0.3) is 0 Å². The quantitative estimate of drug-likeness (QED) is 0.759. The van der Waals surface area contributed by atoms with Crippen LogP contribution in [0.2, 0.25) is 0 Å². The molecule has 1 aromatic carbocycles.